The van der Waals surface area contributed by atoms with Gasteiger partial charge in [-0.15, -0.1) is 0 Å². The lowest BCUT2D eigenvalue weighted by Crippen LogP contribution is -2.47. The number of amides is 1. The van der Waals surface area contributed by atoms with Gasteiger partial charge in [0.15, 0.2) is 0 Å². The second-order valence-electron chi connectivity index (χ2n) is 7.85. The summed E-state index contributed by atoms with van der Waals surface area (Å²) in [6.45, 7) is 7.39. The topological polar surface area (TPSA) is 38.8 Å². The SMILES string of the molecule is CCOC1CC2(CCN(C(=O)[C@H]3CCCO3)CC2)c2cc(C)ccc21. The molecule has 2 atom stereocenters. The van der Waals surface area contributed by atoms with Gasteiger partial charge in [0.1, 0.15) is 6.10 Å². The molecule has 0 radical (unpaired) electrons. The number of nitrogens with zero attached hydrogens (tertiary/aromatic N) is 1. The van der Waals surface area contributed by atoms with Crippen LogP contribution >= 0.6 is 0 Å². The molecule has 0 N–H and O–H groups in total. The maximum atomic E-state index is 12.6. The van der Waals surface area contributed by atoms with E-state index in [2.05, 4.69) is 32.0 Å². The molecule has 2 saturated heterocycles. The van der Waals surface area contributed by atoms with Gasteiger partial charge in [-0.3, -0.25) is 4.79 Å². The molecule has 2 aliphatic heterocycles. The molecule has 4 rings (SSSR count). The van der Waals surface area contributed by atoms with E-state index in [1.807, 2.05) is 4.90 Å². The van der Waals surface area contributed by atoms with Crippen molar-refractivity contribution in [1.29, 1.82) is 0 Å². The van der Waals surface area contributed by atoms with Crippen LogP contribution in [-0.2, 0) is 19.7 Å². The van der Waals surface area contributed by atoms with Crippen LogP contribution in [0.15, 0.2) is 18.2 Å². The van der Waals surface area contributed by atoms with Gasteiger partial charge in [-0.1, -0.05) is 23.8 Å². The molecule has 1 aromatic rings. The van der Waals surface area contributed by atoms with Crippen molar-refractivity contribution in [2.75, 3.05) is 26.3 Å². The van der Waals surface area contributed by atoms with E-state index in [-0.39, 0.29) is 23.5 Å². The summed E-state index contributed by atoms with van der Waals surface area (Å²) in [5, 5.41) is 0. The van der Waals surface area contributed by atoms with Crippen molar-refractivity contribution in [3.05, 3.63) is 34.9 Å². The number of hydrogen-bond donors (Lipinski definition) is 0. The van der Waals surface area contributed by atoms with E-state index in [4.69, 9.17) is 9.47 Å². The first-order chi connectivity index (χ1) is 12.1. The summed E-state index contributed by atoms with van der Waals surface area (Å²) in [7, 11) is 0. The Morgan fingerprint density at radius 1 is 1.36 bits per heavy atom. The van der Waals surface area contributed by atoms with E-state index in [0.717, 1.165) is 58.4 Å². The lowest BCUT2D eigenvalue weighted by atomic mass is 9.73. The quantitative estimate of drug-likeness (QED) is 0.843. The zero-order valence-electron chi connectivity index (χ0n) is 15.4. The van der Waals surface area contributed by atoms with Crippen molar-refractivity contribution in [2.24, 2.45) is 0 Å². The van der Waals surface area contributed by atoms with Crippen molar-refractivity contribution < 1.29 is 14.3 Å². The van der Waals surface area contributed by atoms with Gasteiger partial charge in [0, 0.05) is 31.7 Å². The van der Waals surface area contributed by atoms with Gasteiger partial charge in [-0.2, -0.15) is 0 Å². The summed E-state index contributed by atoms with van der Waals surface area (Å²) in [4.78, 5) is 14.7. The fourth-order valence-electron chi connectivity index (χ4n) is 4.94. The molecule has 1 unspecified atom stereocenters. The molecule has 136 valence electrons. The zero-order chi connectivity index (χ0) is 17.4. The Kier molecular flexibility index (Phi) is 4.59. The number of piperidine rings is 1. The van der Waals surface area contributed by atoms with Crippen LogP contribution < -0.4 is 0 Å². The Bertz CT molecular complexity index is 643. The standard InChI is InChI=1S/C21H29NO3/c1-3-24-19-14-21(17-13-15(2)6-7-16(17)19)8-10-22(11-9-21)20(23)18-5-4-12-25-18/h6-7,13,18-19H,3-5,8-12,14H2,1-2H3/t18-,19?/m1/s1. The van der Waals surface area contributed by atoms with Gasteiger partial charge in [0.25, 0.3) is 5.91 Å². The highest BCUT2D eigenvalue weighted by Gasteiger charge is 2.47. The molecule has 1 amide bonds. The van der Waals surface area contributed by atoms with Crippen LogP contribution in [0.25, 0.3) is 0 Å². The predicted molar refractivity (Wildman–Crippen MR) is 96.6 cm³/mol. The molecule has 25 heavy (non-hydrogen) atoms. The number of rotatable bonds is 3. The summed E-state index contributed by atoms with van der Waals surface area (Å²) in [5.41, 5.74) is 4.32. The Balaban J connectivity index is 1.52. The maximum Gasteiger partial charge on any atom is 0.251 e. The number of ether oxygens (including phenoxy) is 2. The van der Waals surface area contributed by atoms with Crippen molar-refractivity contribution in [3.8, 4) is 0 Å². The third-order valence-electron chi connectivity index (χ3n) is 6.31. The molecule has 1 aromatic carbocycles. The molecule has 3 aliphatic rings. The number of fused-ring (bicyclic) bond motifs is 2. The normalized spacial score (nSPS) is 27.7. The number of likely N-dealkylation sites (tertiary alicyclic amines) is 1. The Hall–Kier alpha value is -1.39. The number of aryl methyl sites for hydroxylation is 1. The van der Waals surface area contributed by atoms with Crippen LogP contribution in [0.2, 0.25) is 0 Å². The van der Waals surface area contributed by atoms with Crippen molar-refractivity contribution in [2.45, 2.75) is 63.6 Å². The molecular formula is C21H29NO3. The lowest BCUT2D eigenvalue weighted by Gasteiger charge is -2.41. The average Bonchev–Trinajstić information content (AvgIpc) is 3.24. The molecule has 2 fully saturated rings. The van der Waals surface area contributed by atoms with Gasteiger partial charge in [-0.05, 0) is 57.1 Å². The second kappa shape index (κ2) is 6.73. The second-order valence-corrected chi connectivity index (χ2v) is 7.85. The van der Waals surface area contributed by atoms with Crippen LogP contribution in [0.3, 0.4) is 0 Å². The summed E-state index contributed by atoms with van der Waals surface area (Å²) in [5.74, 6) is 0.205. The van der Waals surface area contributed by atoms with Crippen LogP contribution in [0, 0.1) is 6.92 Å². The molecule has 1 aliphatic carbocycles. The highest BCUT2D eigenvalue weighted by atomic mass is 16.5. The minimum atomic E-state index is -0.191. The first-order valence-electron chi connectivity index (χ1n) is 9.76. The monoisotopic (exact) mass is 343 g/mol. The fourth-order valence-corrected chi connectivity index (χ4v) is 4.94. The third kappa shape index (κ3) is 3.00. The molecule has 0 aromatic heterocycles. The smallest absolute Gasteiger partial charge is 0.251 e. The van der Waals surface area contributed by atoms with E-state index in [9.17, 15) is 4.79 Å². The fraction of sp³-hybridized carbons (Fsp3) is 0.667. The van der Waals surface area contributed by atoms with Crippen LogP contribution in [0.5, 0.6) is 0 Å². The molecule has 4 nitrogen and oxygen atoms in total. The van der Waals surface area contributed by atoms with Gasteiger partial charge in [-0.25, -0.2) is 0 Å². The van der Waals surface area contributed by atoms with Crippen LogP contribution in [-0.4, -0.2) is 43.2 Å². The van der Waals surface area contributed by atoms with Gasteiger partial charge < -0.3 is 14.4 Å². The number of hydrogen-bond acceptors (Lipinski definition) is 3. The van der Waals surface area contributed by atoms with Crippen molar-refractivity contribution in [3.63, 3.8) is 0 Å². The summed E-state index contributed by atoms with van der Waals surface area (Å²) in [6, 6.07) is 6.80. The molecular weight excluding hydrogens is 314 g/mol. The largest absolute Gasteiger partial charge is 0.374 e. The predicted octanol–water partition coefficient (Wildman–Crippen LogP) is 3.52. The van der Waals surface area contributed by atoms with Crippen LogP contribution in [0.1, 0.15) is 61.8 Å². The number of carbonyl (C=O) groups excluding carboxylic acids is 1. The molecule has 0 saturated carbocycles. The maximum absolute atomic E-state index is 12.6. The third-order valence-corrected chi connectivity index (χ3v) is 6.31. The number of benzene rings is 1. The highest BCUT2D eigenvalue weighted by molar-refractivity contribution is 5.81. The van der Waals surface area contributed by atoms with E-state index < -0.39 is 0 Å². The molecule has 0 bridgehead atoms. The van der Waals surface area contributed by atoms with Gasteiger partial charge >= 0.3 is 0 Å². The first-order valence-corrected chi connectivity index (χ1v) is 9.76. The van der Waals surface area contributed by atoms with Crippen molar-refractivity contribution in [1.82, 2.24) is 4.90 Å². The zero-order valence-corrected chi connectivity index (χ0v) is 15.4. The summed E-state index contributed by atoms with van der Waals surface area (Å²) in [6.07, 6.45) is 5.04. The van der Waals surface area contributed by atoms with E-state index >= 15 is 0 Å². The van der Waals surface area contributed by atoms with Crippen molar-refractivity contribution >= 4 is 5.91 Å². The van der Waals surface area contributed by atoms with Gasteiger partial charge in [0.05, 0.1) is 6.10 Å². The van der Waals surface area contributed by atoms with E-state index in [0.29, 0.717) is 0 Å². The van der Waals surface area contributed by atoms with Gasteiger partial charge in [0.2, 0.25) is 0 Å². The average molecular weight is 343 g/mol. The minimum Gasteiger partial charge on any atom is -0.374 e. The minimum absolute atomic E-state index is 0.175. The number of carbonyl (C=O) groups is 1. The summed E-state index contributed by atoms with van der Waals surface area (Å²) >= 11 is 0. The van der Waals surface area contributed by atoms with E-state index in [1.165, 1.54) is 16.7 Å². The summed E-state index contributed by atoms with van der Waals surface area (Å²) < 4.78 is 11.6. The lowest BCUT2D eigenvalue weighted by molar-refractivity contribution is -0.142. The van der Waals surface area contributed by atoms with Crippen LogP contribution in [0.4, 0.5) is 0 Å². The first kappa shape index (κ1) is 17.0. The highest BCUT2D eigenvalue weighted by Crippen LogP contribution is 2.52. The Morgan fingerprint density at radius 3 is 2.84 bits per heavy atom. The Labute approximate surface area is 150 Å². The Morgan fingerprint density at radius 2 is 2.16 bits per heavy atom. The molecule has 4 heteroatoms. The molecule has 1 spiro atoms. The van der Waals surface area contributed by atoms with E-state index in [1.54, 1.807) is 0 Å². The molecule has 2 heterocycles.